The third kappa shape index (κ3) is 3.15. The minimum Gasteiger partial charge on any atom is -0.367 e. The Morgan fingerprint density at radius 3 is 2.16 bits per heavy atom. The normalized spacial score (nSPS) is 30.7. The van der Waals surface area contributed by atoms with Gasteiger partial charge in [0.2, 0.25) is 5.91 Å². The molecule has 0 aromatic heterocycles. The van der Waals surface area contributed by atoms with Gasteiger partial charge in [-0.2, -0.15) is 0 Å². The van der Waals surface area contributed by atoms with Crippen LogP contribution in [0.25, 0.3) is 0 Å². The van der Waals surface area contributed by atoms with Gasteiger partial charge in [-0.25, -0.2) is 0 Å². The molecule has 1 aliphatic carbocycles. The van der Waals surface area contributed by atoms with Crippen molar-refractivity contribution in [2.45, 2.75) is 44.7 Å². The lowest BCUT2D eigenvalue weighted by molar-refractivity contribution is -0.132. The Bertz CT molecular complexity index is 929. The molecule has 2 aromatic rings. The fourth-order valence-electron chi connectivity index (χ4n) is 6.95. The van der Waals surface area contributed by atoms with Crippen molar-refractivity contribution in [3.63, 3.8) is 0 Å². The van der Waals surface area contributed by atoms with Gasteiger partial charge in [0.05, 0.1) is 6.04 Å². The van der Waals surface area contributed by atoms with E-state index in [0.29, 0.717) is 11.8 Å². The highest BCUT2D eigenvalue weighted by atomic mass is 16.1. The molecule has 4 unspecified atom stereocenters. The lowest BCUT2D eigenvalue weighted by atomic mass is 9.50. The molecule has 1 saturated heterocycles. The van der Waals surface area contributed by atoms with E-state index in [4.69, 9.17) is 10.7 Å². The molecule has 31 heavy (non-hydrogen) atoms. The maximum atomic E-state index is 13.1. The molecule has 6 rings (SSSR count). The second-order valence-electron chi connectivity index (χ2n) is 10.3. The number of hydrogen-bond donors (Lipinski definition) is 1. The average Bonchev–Trinajstić information content (AvgIpc) is 3.03. The molecule has 2 fully saturated rings. The summed E-state index contributed by atoms with van der Waals surface area (Å²) < 4.78 is 0. The Morgan fingerprint density at radius 1 is 1.06 bits per heavy atom. The summed E-state index contributed by atoms with van der Waals surface area (Å²) >= 11 is 0. The first kappa shape index (κ1) is 20.4. The Balaban J connectivity index is 1.68. The van der Waals surface area contributed by atoms with Crippen LogP contribution in [0.5, 0.6) is 0 Å². The Morgan fingerprint density at radius 2 is 1.65 bits per heavy atom. The van der Waals surface area contributed by atoms with E-state index in [1.54, 1.807) is 0 Å². The molecular formula is C27H33N3O. The van der Waals surface area contributed by atoms with Crippen LogP contribution >= 0.6 is 0 Å². The van der Waals surface area contributed by atoms with E-state index in [9.17, 15) is 4.79 Å². The van der Waals surface area contributed by atoms with Gasteiger partial charge in [0.15, 0.2) is 5.54 Å². The highest BCUT2D eigenvalue weighted by molar-refractivity contribution is 5.91. The number of hydrogen-bond acceptors (Lipinski definition) is 3. The number of carbonyl (C=O) groups is 1. The van der Waals surface area contributed by atoms with Gasteiger partial charge in [0, 0.05) is 36.6 Å². The minimum absolute atomic E-state index is 0.0362. The molecule has 0 radical (unpaired) electrons. The molecule has 4 aliphatic rings. The molecule has 1 saturated carbocycles. The second kappa shape index (κ2) is 7.59. The average molecular weight is 416 g/mol. The summed E-state index contributed by atoms with van der Waals surface area (Å²) in [6.45, 7) is 6.42. The van der Waals surface area contributed by atoms with Gasteiger partial charge >= 0.3 is 0 Å². The molecule has 0 spiro atoms. The molecule has 4 atom stereocenters. The fourth-order valence-corrected chi connectivity index (χ4v) is 6.95. The fraction of sp³-hybridized carbons (Fsp3) is 0.481. The number of carbonyl (C=O) groups excluding carboxylic acids is 1. The summed E-state index contributed by atoms with van der Waals surface area (Å²) in [7, 11) is 0. The van der Waals surface area contributed by atoms with Crippen molar-refractivity contribution in [1.29, 1.82) is 0 Å². The largest absolute Gasteiger partial charge is 0.367 e. The van der Waals surface area contributed by atoms with Crippen LogP contribution in [0.4, 0.5) is 0 Å². The van der Waals surface area contributed by atoms with Crippen LogP contribution < -0.4 is 5.73 Å². The summed E-state index contributed by atoms with van der Waals surface area (Å²) in [6, 6.07) is 21.6. The highest BCUT2D eigenvalue weighted by Crippen LogP contribution is 2.61. The van der Waals surface area contributed by atoms with Gasteiger partial charge in [-0.1, -0.05) is 74.5 Å². The Kier molecular flexibility index (Phi) is 5.01. The molecular weight excluding hydrogens is 382 g/mol. The number of likely N-dealkylation sites (tertiary alicyclic amines) is 1. The number of nitrogens with two attached hydrogens (primary N) is 1. The standard InChI is InChI=1S/C27H33N3O/c1-19(2)17-30-18-23-13-22-16-29-27(23,25(28)31)24(30)26(22,14-20-9-5-3-6-10-20)15-21-11-7-4-8-12-21/h3-12,16,19,22-24H,13-15,17-18H2,1-2H3,(H2,28,31). The van der Waals surface area contributed by atoms with E-state index < -0.39 is 5.54 Å². The molecule has 4 heteroatoms. The topological polar surface area (TPSA) is 58.7 Å². The van der Waals surface area contributed by atoms with Crippen LogP contribution in [0.15, 0.2) is 65.7 Å². The Hall–Kier alpha value is -2.46. The second-order valence-corrected chi connectivity index (χ2v) is 10.3. The van der Waals surface area contributed by atoms with E-state index >= 15 is 0 Å². The van der Waals surface area contributed by atoms with E-state index in [-0.39, 0.29) is 23.3 Å². The van der Waals surface area contributed by atoms with Crippen molar-refractivity contribution in [3.8, 4) is 0 Å². The number of nitrogens with zero attached hydrogens (tertiary/aromatic N) is 2. The summed E-state index contributed by atoms with van der Waals surface area (Å²) in [5.41, 5.74) is 7.92. The molecule has 2 aromatic carbocycles. The van der Waals surface area contributed by atoms with Gasteiger partial charge in [-0.3, -0.25) is 14.7 Å². The van der Waals surface area contributed by atoms with Crippen LogP contribution in [-0.4, -0.2) is 41.7 Å². The monoisotopic (exact) mass is 415 g/mol. The summed E-state index contributed by atoms with van der Waals surface area (Å²) in [6.07, 6.45) is 4.96. The van der Waals surface area contributed by atoms with E-state index in [1.807, 2.05) is 0 Å². The van der Waals surface area contributed by atoms with Crippen molar-refractivity contribution in [2.24, 2.45) is 33.9 Å². The number of aliphatic imine (C=N–C) groups is 1. The molecule has 1 amide bonds. The van der Waals surface area contributed by atoms with E-state index in [1.165, 1.54) is 11.1 Å². The Labute approximate surface area is 185 Å². The first-order valence-electron chi connectivity index (χ1n) is 11.6. The lowest BCUT2D eigenvalue weighted by Crippen LogP contribution is -2.70. The van der Waals surface area contributed by atoms with Crippen molar-refractivity contribution in [2.75, 3.05) is 13.1 Å². The first-order valence-corrected chi connectivity index (χ1v) is 11.6. The number of benzene rings is 2. The SMILES string of the molecule is CC(C)CN1CC2CC3C=NC2(C(N)=O)C1C3(Cc1ccccc1)Cc1ccccc1. The zero-order chi connectivity index (χ0) is 21.6. The van der Waals surface area contributed by atoms with E-state index in [0.717, 1.165) is 32.4 Å². The third-order valence-corrected chi connectivity index (χ3v) is 7.90. The minimum atomic E-state index is -0.798. The van der Waals surface area contributed by atoms with Crippen molar-refractivity contribution in [1.82, 2.24) is 4.90 Å². The molecule has 3 heterocycles. The molecule has 3 aliphatic heterocycles. The predicted octanol–water partition coefficient (Wildman–Crippen LogP) is 3.74. The van der Waals surface area contributed by atoms with Gasteiger partial charge in [-0.15, -0.1) is 0 Å². The van der Waals surface area contributed by atoms with Crippen molar-refractivity contribution in [3.05, 3.63) is 71.8 Å². The maximum Gasteiger partial charge on any atom is 0.247 e. The zero-order valence-corrected chi connectivity index (χ0v) is 18.6. The van der Waals surface area contributed by atoms with Crippen molar-refractivity contribution < 1.29 is 4.79 Å². The van der Waals surface area contributed by atoms with Crippen molar-refractivity contribution >= 4 is 12.1 Å². The smallest absolute Gasteiger partial charge is 0.247 e. The van der Waals surface area contributed by atoms with Gasteiger partial charge < -0.3 is 5.73 Å². The van der Waals surface area contributed by atoms with Gasteiger partial charge in [0.25, 0.3) is 0 Å². The van der Waals surface area contributed by atoms with Crippen LogP contribution in [0, 0.1) is 23.2 Å². The number of rotatable bonds is 7. The third-order valence-electron chi connectivity index (χ3n) is 7.90. The molecule has 4 nitrogen and oxygen atoms in total. The van der Waals surface area contributed by atoms with Crippen LogP contribution in [0.3, 0.4) is 0 Å². The van der Waals surface area contributed by atoms with Crippen LogP contribution in [-0.2, 0) is 17.6 Å². The number of primary amides is 1. The van der Waals surface area contributed by atoms with Crippen LogP contribution in [0.1, 0.15) is 31.4 Å². The van der Waals surface area contributed by atoms with Gasteiger partial charge in [-0.05, 0) is 36.3 Å². The lowest BCUT2D eigenvalue weighted by Gasteiger charge is -2.58. The highest BCUT2D eigenvalue weighted by Gasteiger charge is 2.71. The van der Waals surface area contributed by atoms with Gasteiger partial charge in [0.1, 0.15) is 0 Å². The predicted molar refractivity (Wildman–Crippen MR) is 125 cm³/mol. The molecule has 4 bridgehead atoms. The number of amides is 1. The quantitative estimate of drug-likeness (QED) is 0.749. The summed E-state index contributed by atoms with van der Waals surface area (Å²) in [5, 5.41) is 0. The first-order chi connectivity index (χ1) is 15.0. The maximum absolute atomic E-state index is 13.1. The summed E-state index contributed by atoms with van der Waals surface area (Å²) in [4.78, 5) is 20.6. The summed E-state index contributed by atoms with van der Waals surface area (Å²) in [5.74, 6) is 0.858. The molecule has 162 valence electrons. The molecule has 2 N–H and O–H groups in total. The van der Waals surface area contributed by atoms with E-state index in [2.05, 4.69) is 85.6 Å². The zero-order valence-electron chi connectivity index (χ0n) is 18.6. The van der Waals surface area contributed by atoms with Crippen LogP contribution in [0.2, 0.25) is 0 Å².